The molecule has 2 N–H and O–H groups in total. The van der Waals surface area contributed by atoms with Gasteiger partial charge >= 0.3 is 6.36 Å². The van der Waals surface area contributed by atoms with E-state index in [0.717, 1.165) is 0 Å². The lowest BCUT2D eigenvalue weighted by Crippen LogP contribution is -2.19. The molecule has 0 aliphatic heterocycles. The molecule has 1 heterocycles. The number of hydrogen-bond acceptors (Lipinski definition) is 7. The van der Waals surface area contributed by atoms with Crippen LogP contribution in [-0.2, 0) is 0 Å². The van der Waals surface area contributed by atoms with Gasteiger partial charge in [0.15, 0.2) is 16.6 Å². The number of nitrogens with zero attached hydrogens (tertiary/aromatic N) is 2. The second-order valence-electron chi connectivity index (χ2n) is 7.18. The van der Waals surface area contributed by atoms with E-state index in [0.29, 0.717) is 45.4 Å². The van der Waals surface area contributed by atoms with Crippen LogP contribution >= 0.6 is 12.2 Å². The number of ether oxygens (including phenoxy) is 4. The van der Waals surface area contributed by atoms with E-state index >= 15 is 0 Å². The number of hydrogen-bond donors (Lipinski definition) is 2. The summed E-state index contributed by atoms with van der Waals surface area (Å²) in [5.41, 5.74) is 1.70. The van der Waals surface area contributed by atoms with Gasteiger partial charge in [0.25, 0.3) is 0 Å². The van der Waals surface area contributed by atoms with Crippen LogP contribution in [0.25, 0.3) is 10.9 Å². The van der Waals surface area contributed by atoms with Crippen molar-refractivity contribution < 1.29 is 32.1 Å². The molecule has 0 radical (unpaired) electrons. The molecule has 12 heteroatoms. The van der Waals surface area contributed by atoms with E-state index in [9.17, 15) is 13.2 Å². The fraction of sp³-hybridized carbons (Fsp3) is 0.125. The first-order valence-corrected chi connectivity index (χ1v) is 10.7. The van der Waals surface area contributed by atoms with Crippen molar-refractivity contribution in [2.45, 2.75) is 6.36 Å². The highest BCUT2D eigenvalue weighted by molar-refractivity contribution is 7.80. The molecule has 0 aliphatic rings. The van der Waals surface area contributed by atoms with Crippen molar-refractivity contribution in [2.24, 2.45) is 0 Å². The van der Waals surface area contributed by atoms with Gasteiger partial charge < -0.3 is 29.6 Å². The SMILES string of the molecule is COc1cc2ncnc(Oc3cccc(NC(=S)Nc4ccc(OC(F)(F)F)cc4)c3)c2cc1OC. The number of aromatic nitrogens is 2. The minimum Gasteiger partial charge on any atom is -0.493 e. The third-order valence-electron chi connectivity index (χ3n) is 4.76. The van der Waals surface area contributed by atoms with Gasteiger partial charge in [0.1, 0.15) is 17.8 Å². The number of halogens is 3. The number of fused-ring (bicyclic) bond motifs is 1. The van der Waals surface area contributed by atoms with Gasteiger partial charge in [0, 0.05) is 23.5 Å². The molecule has 186 valence electrons. The van der Waals surface area contributed by atoms with Gasteiger partial charge in [-0.05, 0) is 54.7 Å². The predicted molar refractivity (Wildman–Crippen MR) is 132 cm³/mol. The average Bonchev–Trinajstić information content (AvgIpc) is 2.84. The van der Waals surface area contributed by atoms with Gasteiger partial charge in [0.2, 0.25) is 5.88 Å². The Kier molecular flexibility index (Phi) is 7.25. The number of nitrogens with one attached hydrogen (secondary N) is 2. The second kappa shape index (κ2) is 10.5. The highest BCUT2D eigenvalue weighted by Gasteiger charge is 2.30. The quantitative estimate of drug-likeness (QED) is 0.281. The Labute approximate surface area is 209 Å². The number of rotatable bonds is 7. The Morgan fingerprint density at radius 2 is 1.53 bits per heavy atom. The van der Waals surface area contributed by atoms with Crippen molar-refractivity contribution in [1.29, 1.82) is 0 Å². The number of alkyl halides is 3. The van der Waals surface area contributed by atoms with E-state index in [2.05, 4.69) is 25.3 Å². The van der Waals surface area contributed by atoms with Crippen LogP contribution in [0.15, 0.2) is 67.0 Å². The highest BCUT2D eigenvalue weighted by Crippen LogP contribution is 2.36. The van der Waals surface area contributed by atoms with Crippen molar-refractivity contribution in [2.75, 3.05) is 24.9 Å². The van der Waals surface area contributed by atoms with Gasteiger partial charge in [-0.1, -0.05) is 6.07 Å². The third-order valence-corrected chi connectivity index (χ3v) is 4.96. The molecular formula is C24H19F3N4O4S. The normalized spacial score (nSPS) is 11.0. The van der Waals surface area contributed by atoms with E-state index in [1.165, 1.54) is 44.8 Å². The van der Waals surface area contributed by atoms with Crippen LogP contribution in [-0.4, -0.2) is 35.7 Å². The number of anilines is 2. The van der Waals surface area contributed by atoms with E-state index < -0.39 is 6.36 Å². The fourth-order valence-corrected chi connectivity index (χ4v) is 3.46. The van der Waals surface area contributed by atoms with Crippen LogP contribution in [0.3, 0.4) is 0 Å². The van der Waals surface area contributed by atoms with Crippen LogP contribution in [0.4, 0.5) is 24.5 Å². The van der Waals surface area contributed by atoms with E-state index in [1.807, 2.05) is 0 Å². The molecule has 0 saturated carbocycles. The van der Waals surface area contributed by atoms with Crippen molar-refractivity contribution in [1.82, 2.24) is 9.97 Å². The highest BCUT2D eigenvalue weighted by atomic mass is 32.1. The molecule has 3 aromatic carbocycles. The van der Waals surface area contributed by atoms with Crippen molar-refractivity contribution in [3.8, 4) is 28.9 Å². The topological polar surface area (TPSA) is 86.8 Å². The van der Waals surface area contributed by atoms with Crippen LogP contribution in [0.5, 0.6) is 28.9 Å². The first-order chi connectivity index (χ1) is 17.2. The van der Waals surface area contributed by atoms with E-state index in [4.69, 9.17) is 26.4 Å². The molecule has 0 spiro atoms. The molecule has 0 unspecified atom stereocenters. The summed E-state index contributed by atoms with van der Waals surface area (Å²) in [6.45, 7) is 0. The van der Waals surface area contributed by atoms with E-state index in [-0.39, 0.29) is 10.9 Å². The second-order valence-corrected chi connectivity index (χ2v) is 7.59. The van der Waals surface area contributed by atoms with E-state index in [1.54, 1.807) is 36.4 Å². The molecule has 0 fully saturated rings. The molecule has 4 rings (SSSR count). The Hall–Kier alpha value is -4.32. The molecule has 36 heavy (non-hydrogen) atoms. The first-order valence-electron chi connectivity index (χ1n) is 10.3. The molecule has 0 aliphatic carbocycles. The summed E-state index contributed by atoms with van der Waals surface area (Å²) in [6.07, 6.45) is -3.37. The standard InChI is InChI=1S/C24H19F3N4O4S/c1-32-20-11-18-19(12-21(20)33-2)28-13-29-22(18)34-17-5-3-4-15(10-17)31-23(36)30-14-6-8-16(9-7-14)35-24(25,26)27/h3-13H,1-2H3,(H2,30,31,36). The molecule has 0 bridgehead atoms. The van der Waals surface area contributed by atoms with Gasteiger partial charge in [0.05, 0.1) is 25.1 Å². The van der Waals surface area contributed by atoms with Crippen molar-refractivity contribution in [3.63, 3.8) is 0 Å². The Morgan fingerprint density at radius 3 is 2.22 bits per heavy atom. The predicted octanol–water partition coefficient (Wildman–Crippen LogP) is 6.15. The van der Waals surface area contributed by atoms with Gasteiger partial charge in [-0.3, -0.25) is 0 Å². The van der Waals surface area contributed by atoms with Crippen LogP contribution < -0.4 is 29.6 Å². The van der Waals surface area contributed by atoms with Gasteiger partial charge in [-0.2, -0.15) is 0 Å². The Bertz CT molecular complexity index is 1380. The maximum Gasteiger partial charge on any atom is 0.573 e. The summed E-state index contributed by atoms with van der Waals surface area (Å²) in [6, 6.07) is 15.6. The maximum atomic E-state index is 12.3. The van der Waals surface area contributed by atoms with Crippen LogP contribution in [0.2, 0.25) is 0 Å². The zero-order valence-electron chi connectivity index (χ0n) is 18.9. The summed E-state index contributed by atoms with van der Waals surface area (Å²) in [5.74, 6) is 1.51. The monoisotopic (exact) mass is 516 g/mol. The minimum absolute atomic E-state index is 0.223. The molecule has 4 aromatic rings. The number of methoxy groups -OCH3 is 2. The zero-order valence-corrected chi connectivity index (χ0v) is 19.7. The zero-order chi connectivity index (χ0) is 25.7. The summed E-state index contributed by atoms with van der Waals surface area (Å²) in [7, 11) is 3.07. The fourth-order valence-electron chi connectivity index (χ4n) is 3.22. The first kappa shape index (κ1) is 24.8. The van der Waals surface area contributed by atoms with Crippen LogP contribution in [0.1, 0.15) is 0 Å². The summed E-state index contributed by atoms with van der Waals surface area (Å²) in [5, 5.41) is 6.74. The van der Waals surface area contributed by atoms with Gasteiger partial charge in [-0.15, -0.1) is 13.2 Å². The Morgan fingerprint density at radius 1 is 0.833 bits per heavy atom. The number of benzene rings is 3. The largest absolute Gasteiger partial charge is 0.573 e. The summed E-state index contributed by atoms with van der Waals surface area (Å²) in [4.78, 5) is 8.50. The summed E-state index contributed by atoms with van der Waals surface area (Å²) < 4.78 is 57.5. The summed E-state index contributed by atoms with van der Waals surface area (Å²) >= 11 is 5.31. The molecule has 1 aromatic heterocycles. The van der Waals surface area contributed by atoms with Crippen molar-refractivity contribution >= 4 is 39.6 Å². The molecule has 0 saturated heterocycles. The smallest absolute Gasteiger partial charge is 0.493 e. The Balaban J connectivity index is 1.45. The number of thiocarbonyl (C=S) groups is 1. The molecule has 0 atom stereocenters. The lowest BCUT2D eigenvalue weighted by molar-refractivity contribution is -0.274. The third kappa shape index (κ3) is 6.21. The minimum atomic E-state index is -4.75. The maximum absolute atomic E-state index is 12.3. The average molecular weight is 517 g/mol. The lowest BCUT2D eigenvalue weighted by atomic mass is 10.2. The lowest BCUT2D eigenvalue weighted by Gasteiger charge is -2.14. The van der Waals surface area contributed by atoms with Crippen LogP contribution in [0, 0.1) is 0 Å². The van der Waals surface area contributed by atoms with Crippen molar-refractivity contribution in [3.05, 3.63) is 67.0 Å². The molecule has 8 nitrogen and oxygen atoms in total. The van der Waals surface area contributed by atoms with Gasteiger partial charge in [-0.25, -0.2) is 9.97 Å². The molecular weight excluding hydrogens is 497 g/mol. The molecule has 0 amide bonds.